The van der Waals surface area contributed by atoms with E-state index in [0.717, 1.165) is 15.2 Å². The van der Waals surface area contributed by atoms with Gasteiger partial charge in [-0.3, -0.25) is 9.59 Å². The highest BCUT2D eigenvalue weighted by atomic mass is 79.9. The summed E-state index contributed by atoms with van der Waals surface area (Å²) in [6.07, 6.45) is 1.53. The van der Waals surface area contributed by atoms with Crippen molar-refractivity contribution < 1.29 is 18.7 Å². The number of benzene rings is 3. The van der Waals surface area contributed by atoms with E-state index in [2.05, 4.69) is 21.2 Å². The number of hydrogen-bond donors (Lipinski definition) is 1. The van der Waals surface area contributed by atoms with Crippen LogP contribution < -0.4 is 10.1 Å². The first kappa shape index (κ1) is 21.6. The van der Waals surface area contributed by atoms with Crippen LogP contribution >= 0.6 is 15.9 Å². The lowest BCUT2D eigenvalue weighted by Crippen LogP contribution is -2.40. The Morgan fingerprint density at radius 2 is 1.72 bits per heavy atom. The molecule has 162 valence electrons. The van der Waals surface area contributed by atoms with Gasteiger partial charge in [0.1, 0.15) is 18.1 Å². The second-order valence-corrected chi connectivity index (χ2v) is 8.01. The Bertz CT molecular complexity index is 1220. The third-order valence-corrected chi connectivity index (χ3v) is 5.54. The van der Waals surface area contributed by atoms with Crippen LogP contribution in [-0.2, 0) is 16.1 Å². The fourth-order valence-electron chi connectivity index (χ4n) is 3.24. The van der Waals surface area contributed by atoms with Crippen LogP contribution in [0.5, 0.6) is 5.75 Å². The van der Waals surface area contributed by atoms with Crippen molar-refractivity contribution in [1.82, 2.24) is 4.90 Å². The summed E-state index contributed by atoms with van der Waals surface area (Å²) in [5, 5.41) is 4.94. The Labute approximate surface area is 193 Å². The number of furan rings is 1. The van der Waals surface area contributed by atoms with Crippen molar-refractivity contribution in [3.63, 3.8) is 0 Å². The van der Waals surface area contributed by atoms with Gasteiger partial charge in [0.25, 0.3) is 5.91 Å². The van der Waals surface area contributed by atoms with E-state index in [4.69, 9.17) is 9.15 Å². The number of carbonyl (C=O) groups excluding carboxylic acids is 2. The molecule has 0 fully saturated rings. The van der Waals surface area contributed by atoms with E-state index in [9.17, 15) is 9.59 Å². The van der Waals surface area contributed by atoms with E-state index in [1.807, 2.05) is 60.7 Å². The summed E-state index contributed by atoms with van der Waals surface area (Å²) in [4.78, 5) is 27.0. The minimum atomic E-state index is -0.322. The maximum absolute atomic E-state index is 12.9. The monoisotopic (exact) mass is 492 g/mol. The molecule has 0 unspecified atom stereocenters. The van der Waals surface area contributed by atoms with Crippen molar-refractivity contribution in [3.8, 4) is 5.75 Å². The van der Waals surface area contributed by atoms with Crippen molar-refractivity contribution in [2.75, 3.05) is 18.5 Å². The minimum Gasteiger partial charge on any atom is -0.484 e. The SMILES string of the molecule is O=C(CN(Cc1ccco1)C(=O)COc1ccc2ccccc2c1)Nc1ccccc1Br. The number of nitrogens with zero attached hydrogens (tertiary/aromatic N) is 1. The average Bonchev–Trinajstić information content (AvgIpc) is 3.31. The zero-order chi connectivity index (χ0) is 22.3. The van der Waals surface area contributed by atoms with E-state index >= 15 is 0 Å². The molecule has 1 heterocycles. The van der Waals surface area contributed by atoms with Crippen LogP contribution in [0.3, 0.4) is 0 Å². The number of fused-ring (bicyclic) bond motifs is 1. The molecule has 2 amide bonds. The van der Waals surface area contributed by atoms with Crippen molar-refractivity contribution in [1.29, 1.82) is 0 Å². The molecule has 0 radical (unpaired) electrons. The van der Waals surface area contributed by atoms with Gasteiger partial charge in [-0.1, -0.05) is 42.5 Å². The summed E-state index contributed by atoms with van der Waals surface area (Å²) < 4.78 is 11.9. The first-order chi connectivity index (χ1) is 15.6. The van der Waals surface area contributed by atoms with E-state index < -0.39 is 0 Å². The van der Waals surface area contributed by atoms with Crippen LogP contribution in [0.25, 0.3) is 10.8 Å². The number of anilines is 1. The summed E-state index contributed by atoms with van der Waals surface area (Å²) >= 11 is 3.41. The first-order valence-electron chi connectivity index (χ1n) is 10.0. The second-order valence-electron chi connectivity index (χ2n) is 7.15. The van der Waals surface area contributed by atoms with Crippen LogP contribution in [0.1, 0.15) is 5.76 Å². The first-order valence-corrected chi connectivity index (χ1v) is 10.8. The molecule has 32 heavy (non-hydrogen) atoms. The maximum Gasteiger partial charge on any atom is 0.261 e. The van der Waals surface area contributed by atoms with Crippen molar-refractivity contribution in [2.45, 2.75) is 6.54 Å². The van der Waals surface area contributed by atoms with E-state index in [0.29, 0.717) is 17.2 Å². The Morgan fingerprint density at radius 3 is 2.50 bits per heavy atom. The summed E-state index contributed by atoms with van der Waals surface area (Å²) in [5.74, 6) is 0.532. The lowest BCUT2D eigenvalue weighted by Gasteiger charge is -2.21. The van der Waals surface area contributed by atoms with Crippen molar-refractivity contribution in [2.24, 2.45) is 0 Å². The normalized spacial score (nSPS) is 10.7. The summed E-state index contributed by atoms with van der Waals surface area (Å²) in [7, 11) is 0. The van der Waals surface area contributed by atoms with Crippen LogP contribution in [0.2, 0.25) is 0 Å². The highest BCUT2D eigenvalue weighted by Crippen LogP contribution is 2.22. The Hall–Kier alpha value is -3.58. The molecule has 0 atom stereocenters. The van der Waals surface area contributed by atoms with Gasteiger partial charge >= 0.3 is 0 Å². The van der Waals surface area contributed by atoms with Gasteiger partial charge in [0.15, 0.2) is 6.61 Å². The third kappa shape index (κ3) is 5.56. The Kier molecular flexibility index (Phi) is 6.87. The van der Waals surface area contributed by atoms with Gasteiger partial charge in [-0.25, -0.2) is 0 Å². The van der Waals surface area contributed by atoms with Crippen molar-refractivity contribution >= 4 is 44.2 Å². The maximum atomic E-state index is 12.9. The molecule has 0 aliphatic carbocycles. The van der Waals surface area contributed by atoms with Crippen molar-refractivity contribution in [3.05, 3.63) is 95.4 Å². The van der Waals surface area contributed by atoms with Crippen LogP contribution in [0.15, 0.2) is 94.0 Å². The fraction of sp³-hybridized carbons (Fsp3) is 0.120. The zero-order valence-corrected chi connectivity index (χ0v) is 18.7. The lowest BCUT2D eigenvalue weighted by atomic mass is 10.1. The number of ether oxygens (including phenoxy) is 1. The smallest absolute Gasteiger partial charge is 0.261 e. The molecular formula is C25H21BrN2O4. The molecule has 0 spiro atoms. The largest absolute Gasteiger partial charge is 0.484 e. The third-order valence-electron chi connectivity index (χ3n) is 4.85. The van der Waals surface area contributed by atoms with Gasteiger partial charge in [0, 0.05) is 4.47 Å². The summed E-state index contributed by atoms with van der Waals surface area (Å²) in [6, 6.07) is 24.4. The Morgan fingerprint density at radius 1 is 0.938 bits per heavy atom. The fourth-order valence-corrected chi connectivity index (χ4v) is 3.63. The molecule has 0 saturated heterocycles. The number of nitrogens with one attached hydrogen (secondary N) is 1. The number of amides is 2. The second kappa shape index (κ2) is 10.2. The van der Waals surface area contributed by atoms with E-state index in [1.165, 1.54) is 11.2 Å². The van der Waals surface area contributed by atoms with E-state index in [-0.39, 0.29) is 31.5 Å². The van der Waals surface area contributed by atoms with Gasteiger partial charge in [-0.15, -0.1) is 0 Å². The molecule has 6 nitrogen and oxygen atoms in total. The highest BCUT2D eigenvalue weighted by molar-refractivity contribution is 9.10. The number of rotatable bonds is 8. The van der Waals surface area contributed by atoms with Crippen LogP contribution in [-0.4, -0.2) is 29.9 Å². The van der Waals surface area contributed by atoms with Crippen LogP contribution in [0.4, 0.5) is 5.69 Å². The molecule has 0 bridgehead atoms. The number of hydrogen-bond acceptors (Lipinski definition) is 4. The molecule has 0 aliphatic heterocycles. The number of para-hydroxylation sites is 1. The molecule has 0 saturated carbocycles. The molecule has 1 aromatic heterocycles. The van der Waals surface area contributed by atoms with Gasteiger partial charge in [0.2, 0.25) is 5.91 Å². The molecule has 0 aliphatic rings. The summed E-state index contributed by atoms with van der Waals surface area (Å²) in [6.45, 7) is -0.167. The summed E-state index contributed by atoms with van der Waals surface area (Å²) in [5.41, 5.74) is 0.635. The molecular weight excluding hydrogens is 472 g/mol. The van der Waals surface area contributed by atoms with Gasteiger partial charge < -0.3 is 19.4 Å². The van der Waals surface area contributed by atoms with E-state index in [1.54, 1.807) is 18.2 Å². The molecule has 4 aromatic rings. The minimum absolute atomic E-state index is 0.137. The number of halogens is 1. The highest BCUT2D eigenvalue weighted by Gasteiger charge is 2.20. The molecule has 1 N–H and O–H groups in total. The quantitative estimate of drug-likeness (QED) is 0.365. The topological polar surface area (TPSA) is 71.8 Å². The molecule has 7 heteroatoms. The zero-order valence-electron chi connectivity index (χ0n) is 17.2. The predicted octanol–water partition coefficient (Wildman–Crippen LogP) is 5.24. The molecule has 3 aromatic carbocycles. The lowest BCUT2D eigenvalue weighted by molar-refractivity contribution is -0.137. The molecule has 4 rings (SSSR count). The average molecular weight is 493 g/mol. The van der Waals surface area contributed by atoms with Crippen LogP contribution in [0, 0.1) is 0 Å². The van der Waals surface area contributed by atoms with Gasteiger partial charge in [-0.2, -0.15) is 0 Å². The van der Waals surface area contributed by atoms with Gasteiger partial charge in [-0.05, 0) is 63.1 Å². The van der Waals surface area contributed by atoms with Gasteiger partial charge in [0.05, 0.1) is 18.5 Å². The number of carbonyl (C=O) groups is 2. The predicted molar refractivity (Wildman–Crippen MR) is 126 cm³/mol. The standard InChI is InChI=1S/C25H21BrN2O4/c26-22-9-3-4-10-23(22)27-24(29)16-28(15-21-8-5-13-31-21)25(30)17-32-20-12-11-18-6-1-2-7-19(18)14-20/h1-14H,15-17H2,(H,27,29). The Balaban J connectivity index is 1.43.